The van der Waals surface area contributed by atoms with Gasteiger partial charge >= 0.3 is 0 Å². The molecule has 2 rings (SSSR count). The number of ether oxygens (including phenoxy) is 1. The van der Waals surface area contributed by atoms with Gasteiger partial charge in [-0.3, -0.25) is 0 Å². The van der Waals surface area contributed by atoms with Gasteiger partial charge in [0.25, 0.3) is 0 Å². The predicted octanol–water partition coefficient (Wildman–Crippen LogP) is 3.34. The average Bonchev–Trinajstić information content (AvgIpc) is 2.32. The van der Waals surface area contributed by atoms with E-state index in [1.165, 1.54) is 12.1 Å². The van der Waals surface area contributed by atoms with Gasteiger partial charge in [0.05, 0.1) is 5.02 Å². The van der Waals surface area contributed by atoms with Gasteiger partial charge in [0, 0.05) is 5.69 Å². The lowest BCUT2D eigenvalue weighted by atomic mass is 10.2. The van der Waals surface area contributed by atoms with Gasteiger partial charge in [0.15, 0.2) is 11.6 Å². The zero-order valence-electron chi connectivity index (χ0n) is 9.78. The van der Waals surface area contributed by atoms with Gasteiger partial charge in [-0.05, 0) is 36.8 Å². The van der Waals surface area contributed by atoms with Crippen LogP contribution < -0.4 is 10.5 Å². The summed E-state index contributed by atoms with van der Waals surface area (Å²) in [5.74, 6) is 0.341. The molecule has 18 heavy (non-hydrogen) atoms. The number of pyridine rings is 1. The van der Waals surface area contributed by atoms with Gasteiger partial charge in [-0.2, -0.15) is 0 Å². The second-order valence-corrected chi connectivity index (χ2v) is 4.28. The van der Waals surface area contributed by atoms with E-state index in [0.717, 1.165) is 5.69 Å². The predicted molar refractivity (Wildman–Crippen MR) is 69.1 cm³/mol. The molecule has 94 valence electrons. The molecular weight excluding hydrogens is 255 g/mol. The Morgan fingerprint density at radius 2 is 2.11 bits per heavy atom. The number of nitrogen functional groups attached to an aromatic ring is 1. The number of rotatable bonds is 3. The molecule has 0 saturated heterocycles. The highest BCUT2D eigenvalue weighted by Gasteiger charge is 2.04. The second kappa shape index (κ2) is 5.23. The van der Waals surface area contributed by atoms with Crippen LogP contribution >= 0.6 is 11.6 Å². The summed E-state index contributed by atoms with van der Waals surface area (Å²) < 4.78 is 18.7. The normalized spacial score (nSPS) is 10.4. The molecule has 3 nitrogen and oxygen atoms in total. The molecule has 0 radical (unpaired) electrons. The fraction of sp³-hybridized carbons (Fsp3) is 0.154. The Morgan fingerprint density at radius 1 is 1.33 bits per heavy atom. The monoisotopic (exact) mass is 266 g/mol. The van der Waals surface area contributed by atoms with E-state index in [1.807, 2.05) is 6.92 Å². The third-order valence-electron chi connectivity index (χ3n) is 2.40. The number of halogens is 2. The fourth-order valence-electron chi connectivity index (χ4n) is 1.48. The van der Waals surface area contributed by atoms with Crippen LogP contribution in [0.5, 0.6) is 5.75 Å². The van der Waals surface area contributed by atoms with Crippen molar-refractivity contribution in [1.82, 2.24) is 4.98 Å². The first kappa shape index (κ1) is 12.6. The molecule has 1 aromatic heterocycles. The molecule has 0 unspecified atom stereocenters. The summed E-state index contributed by atoms with van der Waals surface area (Å²) in [5.41, 5.74) is 7.20. The van der Waals surface area contributed by atoms with Crippen LogP contribution in [-0.2, 0) is 6.61 Å². The smallest absolute Gasteiger partial charge is 0.166 e. The van der Waals surface area contributed by atoms with Crippen molar-refractivity contribution >= 4 is 17.4 Å². The SMILES string of the molecule is Cc1ccc(OCc2ccc(Cl)c(F)c2)c(N)n1. The van der Waals surface area contributed by atoms with E-state index in [-0.39, 0.29) is 11.6 Å². The molecule has 0 bridgehead atoms. The number of benzene rings is 1. The summed E-state index contributed by atoms with van der Waals surface area (Å²) in [7, 11) is 0. The summed E-state index contributed by atoms with van der Waals surface area (Å²) in [6, 6.07) is 8.06. The molecular formula is C13H12ClFN2O. The molecule has 0 atom stereocenters. The molecule has 1 heterocycles. The Hall–Kier alpha value is -1.81. The first-order valence-corrected chi connectivity index (χ1v) is 5.74. The number of nitrogens with two attached hydrogens (primary N) is 1. The van der Waals surface area contributed by atoms with Crippen LogP contribution in [0.15, 0.2) is 30.3 Å². The highest BCUT2D eigenvalue weighted by molar-refractivity contribution is 6.30. The maximum Gasteiger partial charge on any atom is 0.166 e. The number of nitrogens with zero attached hydrogens (tertiary/aromatic N) is 1. The number of hydrogen-bond donors (Lipinski definition) is 1. The second-order valence-electron chi connectivity index (χ2n) is 3.87. The molecule has 0 aliphatic heterocycles. The van der Waals surface area contributed by atoms with Crippen LogP contribution in [0, 0.1) is 12.7 Å². The zero-order valence-corrected chi connectivity index (χ0v) is 10.5. The van der Waals surface area contributed by atoms with E-state index in [9.17, 15) is 4.39 Å². The summed E-state index contributed by atoms with van der Waals surface area (Å²) in [6.07, 6.45) is 0. The lowest BCUT2D eigenvalue weighted by molar-refractivity contribution is 0.306. The lowest BCUT2D eigenvalue weighted by Gasteiger charge is -2.09. The maximum absolute atomic E-state index is 13.2. The van der Waals surface area contributed by atoms with Gasteiger partial charge < -0.3 is 10.5 Å². The van der Waals surface area contributed by atoms with Crippen molar-refractivity contribution in [3.63, 3.8) is 0 Å². The first-order chi connectivity index (χ1) is 8.56. The quantitative estimate of drug-likeness (QED) is 0.927. The Kier molecular flexibility index (Phi) is 3.67. The summed E-state index contributed by atoms with van der Waals surface area (Å²) >= 11 is 5.59. The molecule has 2 aromatic rings. The van der Waals surface area contributed by atoms with Gasteiger partial charge in [0.1, 0.15) is 12.4 Å². The summed E-state index contributed by atoms with van der Waals surface area (Å²) in [5, 5.41) is 0.0928. The Bertz CT molecular complexity index is 575. The minimum atomic E-state index is -0.465. The van der Waals surface area contributed by atoms with Crippen LogP contribution in [0.2, 0.25) is 5.02 Å². The maximum atomic E-state index is 13.2. The highest BCUT2D eigenvalue weighted by atomic mass is 35.5. The molecule has 2 N–H and O–H groups in total. The largest absolute Gasteiger partial charge is 0.485 e. The van der Waals surface area contributed by atoms with Crippen LogP contribution in [0.1, 0.15) is 11.3 Å². The third-order valence-corrected chi connectivity index (χ3v) is 2.71. The van der Waals surface area contributed by atoms with Gasteiger partial charge in [0.2, 0.25) is 0 Å². The standard InChI is InChI=1S/C13H12ClFN2O/c1-8-2-5-12(13(16)17-8)18-7-9-3-4-10(14)11(15)6-9/h2-6H,7H2,1H3,(H2,16,17). The number of anilines is 1. The lowest BCUT2D eigenvalue weighted by Crippen LogP contribution is -2.01. The highest BCUT2D eigenvalue weighted by Crippen LogP contribution is 2.21. The topological polar surface area (TPSA) is 48.1 Å². The van der Waals surface area contributed by atoms with Crippen LogP contribution in [0.4, 0.5) is 10.2 Å². The molecule has 0 amide bonds. The van der Waals surface area contributed by atoms with E-state index in [0.29, 0.717) is 17.1 Å². The van der Waals surface area contributed by atoms with Gasteiger partial charge in [-0.15, -0.1) is 0 Å². The average molecular weight is 267 g/mol. The van der Waals surface area contributed by atoms with Crippen LogP contribution in [0.25, 0.3) is 0 Å². The summed E-state index contributed by atoms with van der Waals surface area (Å²) in [6.45, 7) is 2.05. The van der Waals surface area contributed by atoms with Crippen molar-refractivity contribution < 1.29 is 9.13 Å². The Labute approximate surface area is 109 Å². The minimum absolute atomic E-state index is 0.0928. The molecule has 0 spiro atoms. The van der Waals surface area contributed by atoms with Crippen LogP contribution in [0.3, 0.4) is 0 Å². The van der Waals surface area contributed by atoms with E-state index < -0.39 is 5.82 Å². The fourth-order valence-corrected chi connectivity index (χ4v) is 1.59. The van der Waals surface area contributed by atoms with Crippen molar-refractivity contribution in [3.05, 3.63) is 52.4 Å². The molecule has 1 aromatic carbocycles. The number of aromatic nitrogens is 1. The molecule has 5 heteroatoms. The third kappa shape index (κ3) is 2.90. The first-order valence-electron chi connectivity index (χ1n) is 5.36. The molecule has 0 aliphatic rings. The van der Waals surface area contributed by atoms with Crippen molar-refractivity contribution in [2.45, 2.75) is 13.5 Å². The minimum Gasteiger partial charge on any atom is -0.485 e. The van der Waals surface area contributed by atoms with Gasteiger partial charge in [-0.25, -0.2) is 9.37 Å². The van der Waals surface area contributed by atoms with E-state index in [1.54, 1.807) is 18.2 Å². The van der Waals surface area contributed by atoms with Gasteiger partial charge in [-0.1, -0.05) is 17.7 Å². The van der Waals surface area contributed by atoms with Crippen molar-refractivity contribution in [2.75, 3.05) is 5.73 Å². The van der Waals surface area contributed by atoms with Crippen molar-refractivity contribution in [1.29, 1.82) is 0 Å². The molecule has 0 saturated carbocycles. The zero-order chi connectivity index (χ0) is 13.1. The number of hydrogen-bond acceptors (Lipinski definition) is 3. The Morgan fingerprint density at radius 3 is 2.78 bits per heavy atom. The van der Waals surface area contributed by atoms with E-state index in [2.05, 4.69) is 4.98 Å². The molecule has 0 fully saturated rings. The number of aryl methyl sites for hydroxylation is 1. The van der Waals surface area contributed by atoms with Crippen molar-refractivity contribution in [3.8, 4) is 5.75 Å². The van der Waals surface area contributed by atoms with Crippen molar-refractivity contribution in [2.24, 2.45) is 0 Å². The molecule has 0 aliphatic carbocycles. The van der Waals surface area contributed by atoms with E-state index >= 15 is 0 Å². The van der Waals surface area contributed by atoms with Crippen LogP contribution in [-0.4, -0.2) is 4.98 Å². The Balaban J connectivity index is 2.09. The summed E-state index contributed by atoms with van der Waals surface area (Å²) in [4.78, 5) is 4.08. The van der Waals surface area contributed by atoms with E-state index in [4.69, 9.17) is 22.1 Å².